The van der Waals surface area contributed by atoms with Gasteiger partial charge < -0.3 is 56.9 Å². The van der Waals surface area contributed by atoms with Crippen molar-refractivity contribution in [3.05, 3.63) is 143 Å². The first kappa shape index (κ1) is 56.4. The minimum atomic E-state index is -1.56. The van der Waals surface area contributed by atoms with Crippen molar-refractivity contribution >= 4 is 63.0 Å². The number of likely N-dealkylation sites (N-methyl/N-ethyl adjacent to an activating group) is 1. The fraction of sp³-hybridized carbons (Fsp3) is 0.375. The SMILES string of the molecule is COc1cc2c(cc1OC(=O)Cc1cc(=O)oc3cc(N(C)C)ccc13)CCN[C@]21CS[C@@H]2c3c(O)c(C)c4c(c3[C@H](COC1=O)N1C2[C@@H]2c3c(cc(C)c(OC)c3OC(=O)Cc3cc(=O)oc5cc(N(C)C)ccc35)C[C@@H]([C@@H]1C#N)N2C)OCO4. The topological polar surface area (TPSA) is 245 Å². The number of carbonyl (C=O) groups is 3. The number of nitrogens with one attached hydrogen (secondary N) is 1. The molecule has 22 heteroatoms. The van der Waals surface area contributed by atoms with E-state index in [1.165, 1.54) is 38.1 Å². The van der Waals surface area contributed by atoms with Crippen molar-refractivity contribution in [2.45, 2.75) is 80.5 Å². The van der Waals surface area contributed by atoms with Gasteiger partial charge >= 0.3 is 29.2 Å². The van der Waals surface area contributed by atoms with Crippen LogP contribution in [0.2, 0.25) is 0 Å². The number of rotatable bonds is 10. The molecule has 86 heavy (non-hydrogen) atoms. The zero-order valence-electron chi connectivity index (χ0n) is 48.8. The molecule has 9 heterocycles. The highest BCUT2D eigenvalue weighted by atomic mass is 32.2. The van der Waals surface area contributed by atoms with Crippen LogP contribution in [-0.4, -0.2) is 126 Å². The quantitative estimate of drug-likeness (QED) is 0.0795. The number of carbonyl (C=O) groups excluding carboxylic acids is 3. The van der Waals surface area contributed by atoms with Crippen LogP contribution in [0.15, 0.2) is 85.2 Å². The van der Waals surface area contributed by atoms with Gasteiger partial charge in [0.25, 0.3) is 0 Å². The molecule has 7 atom stereocenters. The number of benzene rings is 5. The van der Waals surface area contributed by atoms with E-state index in [9.17, 15) is 29.5 Å². The maximum absolute atomic E-state index is 15.5. The first-order chi connectivity index (χ1) is 41.3. The number of nitrogens with zero attached hydrogens (tertiary/aromatic N) is 5. The van der Waals surface area contributed by atoms with Crippen LogP contribution in [0.4, 0.5) is 11.4 Å². The van der Waals surface area contributed by atoms with Crippen LogP contribution < -0.4 is 54.8 Å². The molecule has 2 N–H and O–H groups in total. The Morgan fingerprint density at radius 3 is 2.07 bits per heavy atom. The summed E-state index contributed by atoms with van der Waals surface area (Å²) in [4.78, 5) is 77.9. The molecule has 0 saturated carbocycles. The summed E-state index contributed by atoms with van der Waals surface area (Å²) in [5.41, 5.74) is 5.18. The fourth-order valence-corrected chi connectivity index (χ4v) is 15.7. The Bertz CT molecular complexity index is 4210. The van der Waals surface area contributed by atoms with E-state index in [-0.39, 0.29) is 55.0 Å². The summed E-state index contributed by atoms with van der Waals surface area (Å²) in [7, 11) is 12.4. The van der Waals surface area contributed by atoms with E-state index in [1.807, 2.05) is 76.2 Å². The molecule has 0 radical (unpaired) electrons. The van der Waals surface area contributed by atoms with Crippen LogP contribution >= 0.6 is 11.8 Å². The summed E-state index contributed by atoms with van der Waals surface area (Å²) in [6.45, 7) is 3.51. The first-order valence-corrected chi connectivity index (χ1v) is 29.3. The minimum Gasteiger partial charge on any atom is -0.507 e. The van der Waals surface area contributed by atoms with Gasteiger partial charge in [-0.15, -0.1) is 11.8 Å². The van der Waals surface area contributed by atoms with E-state index < -0.39 is 70.2 Å². The van der Waals surface area contributed by atoms with Gasteiger partial charge in [0.15, 0.2) is 40.0 Å². The third kappa shape index (κ3) is 8.95. The Labute approximate surface area is 497 Å². The number of fused-ring (bicyclic) bond motifs is 11. The largest absolute Gasteiger partial charge is 0.507 e. The number of phenols is 1. The predicted octanol–water partition coefficient (Wildman–Crippen LogP) is 7.00. The van der Waals surface area contributed by atoms with Gasteiger partial charge in [-0.2, -0.15) is 5.26 Å². The van der Waals surface area contributed by atoms with Crippen molar-refractivity contribution in [1.29, 1.82) is 5.26 Å². The third-order valence-electron chi connectivity index (χ3n) is 17.9. The minimum absolute atomic E-state index is 0.00439. The number of anilines is 2. The Kier molecular flexibility index (Phi) is 14.0. The zero-order chi connectivity index (χ0) is 60.4. The number of phenolic OH excluding ortho intramolecular Hbond substituents is 1. The second-order valence-corrected chi connectivity index (χ2v) is 24.2. The van der Waals surface area contributed by atoms with E-state index in [0.29, 0.717) is 109 Å². The van der Waals surface area contributed by atoms with Crippen LogP contribution in [0.1, 0.15) is 73.0 Å². The molecule has 1 unspecified atom stereocenters. The Balaban J connectivity index is 0.910. The summed E-state index contributed by atoms with van der Waals surface area (Å²) >= 11 is 1.39. The lowest BCUT2D eigenvalue weighted by atomic mass is 9.71. The normalized spacial score (nSPS) is 22.7. The fourth-order valence-electron chi connectivity index (χ4n) is 14.0. The number of aryl methyl sites for hydroxylation is 1. The molecule has 0 amide bonds. The maximum atomic E-state index is 15.5. The van der Waals surface area contributed by atoms with Crippen LogP contribution in [0.3, 0.4) is 0 Å². The Morgan fingerprint density at radius 1 is 0.791 bits per heavy atom. The average Bonchev–Trinajstić information content (AvgIpc) is 0.867. The predicted molar refractivity (Wildman–Crippen MR) is 317 cm³/mol. The smallest absolute Gasteiger partial charge is 0.336 e. The summed E-state index contributed by atoms with van der Waals surface area (Å²) in [6.07, 6.45) is 0.215. The van der Waals surface area contributed by atoms with E-state index in [0.717, 1.165) is 16.9 Å². The number of nitriles is 1. The van der Waals surface area contributed by atoms with Crippen molar-refractivity contribution in [3.63, 3.8) is 0 Å². The Hall–Kier alpha value is -8.75. The van der Waals surface area contributed by atoms with Crippen molar-refractivity contribution in [2.24, 2.45) is 0 Å². The number of esters is 3. The molecule has 2 fully saturated rings. The molecule has 1 spiro atoms. The van der Waals surface area contributed by atoms with E-state index in [2.05, 4.69) is 21.2 Å². The summed E-state index contributed by atoms with van der Waals surface area (Å²) < 4.78 is 54.9. The molecular formula is C64H62N6O15S. The molecule has 444 valence electrons. The summed E-state index contributed by atoms with van der Waals surface area (Å²) in [5, 5.41) is 28.3. The maximum Gasteiger partial charge on any atom is 0.336 e. The Morgan fingerprint density at radius 2 is 1.44 bits per heavy atom. The second kappa shape index (κ2) is 21.3. The zero-order valence-corrected chi connectivity index (χ0v) is 49.6. The van der Waals surface area contributed by atoms with Crippen LogP contribution in [-0.2, 0) is 50.3 Å². The van der Waals surface area contributed by atoms with Crippen LogP contribution in [0.25, 0.3) is 21.9 Å². The van der Waals surface area contributed by atoms with Crippen molar-refractivity contribution in [1.82, 2.24) is 15.1 Å². The molecule has 14 rings (SSSR count). The van der Waals surface area contributed by atoms with Gasteiger partial charge in [0, 0.05) is 121 Å². The molecular weight excluding hydrogens is 1120 g/mol. The molecule has 7 aromatic rings. The molecule has 0 aliphatic carbocycles. The monoisotopic (exact) mass is 1190 g/mol. The van der Waals surface area contributed by atoms with Crippen molar-refractivity contribution in [2.75, 3.05) is 85.0 Å². The summed E-state index contributed by atoms with van der Waals surface area (Å²) in [6, 6.07) is 17.9. The van der Waals surface area contributed by atoms with E-state index >= 15 is 4.79 Å². The van der Waals surface area contributed by atoms with Gasteiger partial charge in [-0.1, -0.05) is 6.07 Å². The molecule has 4 bridgehead atoms. The number of aromatic hydroxyl groups is 1. The van der Waals surface area contributed by atoms with Crippen LogP contribution in [0, 0.1) is 25.2 Å². The molecule has 7 aliphatic heterocycles. The van der Waals surface area contributed by atoms with Crippen molar-refractivity contribution in [3.8, 4) is 46.3 Å². The van der Waals surface area contributed by atoms with E-state index in [4.69, 9.17) is 42.0 Å². The van der Waals surface area contributed by atoms with Gasteiger partial charge in [-0.05, 0) is 104 Å². The molecule has 2 aromatic heterocycles. The highest BCUT2D eigenvalue weighted by molar-refractivity contribution is 7.99. The van der Waals surface area contributed by atoms with Gasteiger partial charge in [-0.25, -0.2) is 14.4 Å². The van der Waals surface area contributed by atoms with Gasteiger partial charge in [0.05, 0.1) is 50.5 Å². The number of hydrogen-bond acceptors (Lipinski definition) is 22. The third-order valence-corrected chi connectivity index (χ3v) is 19.4. The lowest BCUT2D eigenvalue weighted by molar-refractivity contribution is -0.157. The van der Waals surface area contributed by atoms with Crippen molar-refractivity contribution < 1.29 is 61.5 Å². The summed E-state index contributed by atoms with van der Waals surface area (Å²) in [5.74, 6) is -0.462. The number of piperazine rings is 1. The molecule has 21 nitrogen and oxygen atoms in total. The lowest BCUT2D eigenvalue weighted by Crippen LogP contribution is -2.69. The number of hydrogen-bond donors (Lipinski definition) is 2. The average molecular weight is 1190 g/mol. The van der Waals surface area contributed by atoms with Gasteiger partial charge in [0.2, 0.25) is 6.79 Å². The lowest BCUT2D eigenvalue weighted by Gasteiger charge is -2.62. The van der Waals surface area contributed by atoms with Gasteiger partial charge in [-0.3, -0.25) is 24.7 Å². The van der Waals surface area contributed by atoms with E-state index in [1.54, 1.807) is 37.3 Å². The number of thioether (sulfide) groups is 1. The highest BCUT2D eigenvalue weighted by Gasteiger charge is 2.62. The number of ether oxygens (including phenoxy) is 7. The number of methoxy groups -OCH3 is 2. The van der Waals surface area contributed by atoms with Gasteiger partial charge in [0.1, 0.15) is 29.6 Å². The van der Waals surface area contributed by atoms with Crippen LogP contribution in [0.5, 0.6) is 40.2 Å². The molecule has 7 aliphatic rings. The second-order valence-electron chi connectivity index (χ2n) is 23.1. The molecule has 5 aromatic carbocycles. The highest BCUT2D eigenvalue weighted by Crippen LogP contribution is 2.65. The molecule has 2 saturated heterocycles. The standard InChI is InChI=1S/C64H62N6O15S/c1-30-16-35-17-41-42(26-65)70-43-27-79-63(76)64(40-25-46(77-8)47(18-32(40)14-15-66-64)84-50(73)21-33-19-48(71)82-44-23-36(67(3)4)10-12-38(33)44)28-86-62(54-53(43)60-59(80-29-81-60)31(2)57(54)75)56(70)55(69(41)7)52(35)61(58(30)78-9)85-51(74)22-34-20-49(72)83-45-24-37(68(5)6)11-13-39(34)45/h10-13,16,18-20,23-25,41-43,55-56,62,66,75H,14-15,17,21-22,27-29H2,1-9H3/t41-,42-,43-,55-,56?,62+,64+/m0/s1. The first-order valence-electron chi connectivity index (χ1n) is 28.2.